The fourth-order valence-electron chi connectivity index (χ4n) is 2.88. The van der Waals surface area contributed by atoms with Crippen LogP contribution in [0.3, 0.4) is 0 Å². The van der Waals surface area contributed by atoms with Crippen molar-refractivity contribution in [3.8, 4) is 0 Å². The number of benzene rings is 2. The first kappa shape index (κ1) is 11.6. The number of aromatic amines is 1. The molecule has 0 aliphatic rings. The molecule has 100 valence electrons. The largest absolute Gasteiger partial charge is 0.454 e. The summed E-state index contributed by atoms with van der Waals surface area (Å²) in [6.45, 7) is 6.54. The minimum Gasteiger partial charge on any atom is -0.454 e. The van der Waals surface area contributed by atoms with Gasteiger partial charge in [0.05, 0.1) is 11.0 Å². The molecular weight excluding hydrogens is 246 g/mol. The lowest BCUT2D eigenvalue weighted by Crippen LogP contribution is -1.85. The van der Waals surface area contributed by atoms with Gasteiger partial charge in [-0.2, -0.15) is 0 Å². The van der Waals surface area contributed by atoms with Crippen molar-refractivity contribution in [2.24, 2.45) is 0 Å². The first-order valence-electron chi connectivity index (χ1n) is 7.08. The first-order chi connectivity index (χ1) is 9.63. The third-order valence-electron chi connectivity index (χ3n) is 4.06. The van der Waals surface area contributed by atoms with Gasteiger partial charge in [0.25, 0.3) is 0 Å². The van der Waals surface area contributed by atoms with Gasteiger partial charge in [0.15, 0.2) is 5.58 Å². The van der Waals surface area contributed by atoms with Crippen molar-refractivity contribution < 1.29 is 4.42 Å². The van der Waals surface area contributed by atoms with Gasteiger partial charge in [-0.3, -0.25) is 0 Å². The van der Waals surface area contributed by atoms with Gasteiger partial charge in [-0.25, -0.2) is 0 Å². The summed E-state index contributed by atoms with van der Waals surface area (Å²) in [4.78, 5) is 3.53. The van der Waals surface area contributed by atoms with Crippen LogP contribution in [0.4, 0.5) is 0 Å². The van der Waals surface area contributed by atoms with E-state index < -0.39 is 0 Å². The van der Waals surface area contributed by atoms with Crippen molar-refractivity contribution in [2.75, 3.05) is 0 Å². The molecule has 0 saturated carbocycles. The smallest absolute Gasteiger partial charge is 0.160 e. The molecule has 2 nitrogen and oxygen atoms in total. The van der Waals surface area contributed by atoms with E-state index in [1.54, 1.807) is 0 Å². The Hall–Kier alpha value is -2.22. The van der Waals surface area contributed by atoms with Crippen molar-refractivity contribution in [2.45, 2.75) is 26.7 Å². The molecule has 20 heavy (non-hydrogen) atoms. The second-order valence-electron chi connectivity index (χ2n) is 5.89. The highest BCUT2D eigenvalue weighted by Gasteiger charge is 2.13. The number of hydrogen-bond acceptors (Lipinski definition) is 1. The molecule has 0 atom stereocenters. The summed E-state index contributed by atoms with van der Waals surface area (Å²) < 4.78 is 6.03. The number of aromatic nitrogens is 1. The zero-order valence-corrected chi connectivity index (χ0v) is 11.9. The topological polar surface area (TPSA) is 28.9 Å². The van der Waals surface area contributed by atoms with E-state index in [-0.39, 0.29) is 0 Å². The van der Waals surface area contributed by atoms with Crippen molar-refractivity contribution in [3.63, 3.8) is 0 Å². The Labute approximate surface area is 117 Å². The molecule has 0 saturated heterocycles. The molecule has 4 aromatic rings. The van der Waals surface area contributed by atoms with E-state index in [1.165, 1.54) is 21.9 Å². The lowest BCUT2D eigenvalue weighted by Gasteiger charge is -2.04. The molecule has 2 aromatic heterocycles. The molecular formula is C18H17NO. The number of fused-ring (bicyclic) bond motifs is 5. The van der Waals surface area contributed by atoms with Gasteiger partial charge in [0, 0.05) is 10.8 Å². The summed E-state index contributed by atoms with van der Waals surface area (Å²) in [6.07, 6.45) is 0. The lowest BCUT2D eigenvalue weighted by molar-refractivity contribution is 0.673. The molecule has 0 radical (unpaired) electrons. The predicted molar refractivity (Wildman–Crippen MR) is 84.4 cm³/mol. The first-order valence-corrected chi connectivity index (χ1v) is 7.08. The Morgan fingerprint density at radius 3 is 2.65 bits per heavy atom. The second-order valence-corrected chi connectivity index (χ2v) is 5.89. The number of nitrogens with one attached hydrogen (secondary N) is 1. The van der Waals surface area contributed by atoms with E-state index in [1.807, 2.05) is 6.07 Å². The van der Waals surface area contributed by atoms with Crippen LogP contribution in [0.15, 0.2) is 40.8 Å². The third kappa shape index (κ3) is 1.51. The molecule has 2 heterocycles. The maximum absolute atomic E-state index is 6.03. The van der Waals surface area contributed by atoms with E-state index in [9.17, 15) is 0 Å². The van der Waals surface area contributed by atoms with E-state index >= 15 is 0 Å². The third-order valence-corrected chi connectivity index (χ3v) is 4.06. The van der Waals surface area contributed by atoms with Gasteiger partial charge < -0.3 is 9.40 Å². The zero-order valence-electron chi connectivity index (χ0n) is 11.9. The van der Waals surface area contributed by atoms with Crippen LogP contribution < -0.4 is 0 Å². The fraction of sp³-hybridized carbons (Fsp3) is 0.222. The van der Waals surface area contributed by atoms with Gasteiger partial charge in [-0.1, -0.05) is 31.5 Å². The van der Waals surface area contributed by atoms with E-state index in [2.05, 4.69) is 56.1 Å². The van der Waals surface area contributed by atoms with E-state index in [0.717, 1.165) is 22.2 Å². The summed E-state index contributed by atoms with van der Waals surface area (Å²) in [5.41, 5.74) is 6.79. The number of rotatable bonds is 1. The Balaban J connectivity index is 2.11. The lowest BCUT2D eigenvalue weighted by atomic mass is 10.0. The molecule has 0 spiro atoms. The minimum atomic E-state index is 0.535. The van der Waals surface area contributed by atoms with Gasteiger partial charge in [0.2, 0.25) is 0 Å². The fourth-order valence-corrected chi connectivity index (χ4v) is 2.88. The van der Waals surface area contributed by atoms with E-state index in [4.69, 9.17) is 4.42 Å². The summed E-state index contributed by atoms with van der Waals surface area (Å²) in [5, 5.41) is 2.33. The van der Waals surface area contributed by atoms with Gasteiger partial charge in [0.1, 0.15) is 5.58 Å². The Bertz CT molecular complexity index is 940. The highest BCUT2D eigenvalue weighted by molar-refractivity contribution is 6.14. The number of furan rings is 1. The summed E-state index contributed by atoms with van der Waals surface area (Å²) >= 11 is 0. The molecule has 0 unspecified atom stereocenters. The van der Waals surface area contributed by atoms with Gasteiger partial charge in [-0.15, -0.1) is 0 Å². The van der Waals surface area contributed by atoms with Crippen LogP contribution in [0.1, 0.15) is 30.9 Å². The van der Waals surface area contributed by atoms with Crippen LogP contribution in [0.2, 0.25) is 0 Å². The molecule has 2 heteroatoms. The van der Waals surface area contributed by atoms with Crippen LogP contribution in [-0.4, -0.2) is 4.98 Å². The Kier molecular flexibility index (Phi) is 2.25. The average molecular weight is 263 g/mol. The van der Waals surface area contributed by atoms with Crippen molar-refractivity contribution >= 4 is 33.0 Å². The maximum Gasteiger partial charge on any atom is 0.160 e. The number of hydrogen-bond donors (Lipinski definition) is 1. The van der Waals surface area contributed by atoms with Crippen LogP contribution in [-0.2, 0) is 0 Å². The molecule has 0 aliphatic carbocycles. The standard InChI is InChI=1S/C18H17NO/c1-10(2)12-5-6-13-15(9-12)19-17-14-8-11(3)4-7-16(14)20-18(13)17/h4-10,19H,1-3H3. The maximum atomic E-state index is 6.03. The predicted octanol–water partition coefficient (Wildman–Crippen LogP) is 5.50. The monoisotopic (exact) mass is 263 g/mol. The molecule has 0 fully saturated rings. The van der Waals surface area contributed by atoms with Crippen LogP contribution in [0, 0.1) is 6.92 Å². The van der Waals surface area contributed by atoms with Crippen LogP contribution >= 0.6 is 0 Å². The molecule has 1 N–H and O–H groups in total. The van der Waals surface area contributed by atoms with Crippen molar-refractivity contribution in [1.82, 2.24) is 4.98 Å². The Morgan fingerprint density at radius 1 is 1.00 bits per heavy atom. The SMILES string of the molecule is Cc1ccc2oc3c4ccc(C(C)C)cc4[nH]c3c2c1. The van der Waals surface area contributed by atoms with Crippen LogP contribution in [0.5, 0.6) is 0 Å². The molecule has 0 bridgehead atoms. The quantitative estimate of drug-likeness (QED) is 0.482. The highest BCUT2D eigenvalue weighted by atomic mass is 16.3. The number of aryl methyl sites for hydroxylation is 1. The highest BCUT2D eigenvalue weighted by Crippen LogP contribution is 2.35. The zero-order chi connectivity index (χ0) is 13.9. The molecule has 4 rings (SSSR count). The minimum absolute atomic E-state index is 0.535. The normalized spacial score (nSPS) is 12.2. The summed E-state index contributed by atoms with van der Waals surface area (Å²) in [7, 11) is 0. The molecule has 0 aliphatic heterocycles. The summed E-state index contributed by atoms with van der Waals surface area (Å²) in [6, 6.07) is 12.9. The average Bonchev–Trinajstić information content (AvgIpc) is 2.94. The summed E-state index contributed by atoms with van der Waals surface area (Å²) in [5.74, 6) is 0.535. The Morgan fingerprint density at radius 2 is 1.85 bits per heavy atom. The molecule has 0 amide bonds. The molecule has 2 aromatic carbocycles. The van der Waals surface area contributed by atoms with Crippen molar-refractivity contribution in [1.29, 1.82) is 0 Å². The van der Waals surface area contributed by atoms with Gasteiger partial charge >= 0.3 is 0 Å². The van der Waals surface area contributed by atoms with Gasteiger partial charge in [-0.05, 0) is 42.7 Å². The second kappa shape index (κ2) is 3.89. The van der Waals surface area contributed by atoms with Crippen LogP contribution in [0.25, 0.3) is 33.0 Å². The number of H-pyrrole nitrogens is 1. The van der Waals surface area contributed by atoms with Crippen molar-refractivity contribution in [3.05, 3.63) is 47.5 Å². The van der Waals surface area contributed by atoms with E-state index in [0.29, 0.717) is 5.92 Å².